The Morgan fingerprint density at radius 3 is 1.64 bits per heavy atom. The smallest absolute Gasteiger partial charge is 0.338 e. The quantitative estimate of drug-likeness (QED) is 0.0611. The molecule has 0 unspecified atom stereocenters. The summed E-state index contributed by atoms with van der Waals surface area (Å²) in [6.45, 7) is 7.10. The van der Waals surface area contributed by atoms with E-state index in [2.05, 4.69) is 45.0 Å². The highest BCUT2D eigenvalue weighted by molar-refractivity contribution is 6.99. The summed E-state index contributed by atoms with van der Waals surface area (Å²) >= 11 is 6.38. The average molecular weight is 1080 g/mol. The topological polar surface area (TPSA) is 130 Å². The number of rotatable bonds is 19. The Kier molecular flexibility index (Phi) is 17.9. The number of aliphatic hydroxyl groups is 1. The first-order chi connectivity index (χ1) is 37.5. The minimum absolute atomic E-state index is 0.00399. The second-order valence-electron chi connectivity index (χ2n) is 20.5. The highest BCUT2D eigenvalue weighted by Gasteiger charge is 2.61. The van der Waals surface area contributed by atoms with Crippen LogP contribution in [-0.4, -0.2) is 94.0 Å². The van der Waals surface area contributed by atoms with Gasteiger partial charge in [0, 0.05) is 10.6 Å². The zero-order valence-electron chi connectivity index (χ0n) is 43.3. The van der Waals surface area contributed by atoms with Crippen LogP contribution in [0.3, 0.4) is 0 Å². The first-order valence-electron chi connectivity index (χ1n) is 26.2. The van der Waals surface area contributed by atoms with Gasteiger partial charge in [-0.1, -0.05) is 214 Å². The molecule has 3 heterocycles. The lowest BCUT2D eigenvalue weighted by molar-refractivity contribution is -0.387. The molecule has 1 N–H and O–H groups in total. The Hall–Kier alpha value is -5.88. The summed E-state index contributed by atoms with van der Waals surface area (Å²) in [4.78, 5) is 14.9. The zero-order chi connectivity index (χ0) is 53.2. The van der Waals surface area contributed by atoms with Gasteiger partial charge in [-0.2, -0.15) is 0 Å². The third kappa shape index (κ3) is 12.8. The lowest BCUT2D eigenvalue weighted by Gasteiger charge is -2.54. The number of hydrogen-bond donors (Lipinski definition) is 1. The Bertz CT molecular complexity index is 2860. The first kappa shape index (κ1) is 54.5. The Morgan fingerprint density at radius 1 is 0.584 bits per heavy atom. The molecular weight excluding hydrogens is 1010 g/mol. The number of ether oxygens (including phenoxy) is 9. The van der Waals surface area contributed by atoms with Gasteiger partial charge in [0.1, 0.15) is 42.7 Å². The number of fused-ring (bicyclic) bond motifs is 1. The van der Waals surface area contributed by atoms with Gasteiger partial charge in [-0.3, -0.25) is 0 Å². The van der Waals surface area contributed by atoms with Crippen LogP contribution in [0.15, 0.2) is 206 Å². The van der Waals surface area contributed by atoms with E-state index in [-0.39, 0.29) is 38.6 Å². The molecule has 0 amide bonds. The van der Waals surface area contributed by atoms with Crippen LogP contribution in [0.2, 0.25) is 10.1 Å². The van der Waals surface area contributed by atoms with Crippen LogP contribution >= 0.6 is 11.6 Å². The van der Waals surface area contributed by atoms with Crippen molar-refractivity contribution >= 4 is 36.3 Å². The largest absolute Gasteiger partial charge is 0.450 e. The average Bonchev–Trinajstić information content (AvgIpc) is 3.52. The van der Waals surface area contributed by atoms with E-state index >= 15 is 0 Å². The molecule has 0 bridgehead atoms. The van der Waals surface area contributed by atoms with Crippen molar-refractivity contribution in [1.82, 2.24) is 0 Å². The van der Waals surface area contributed by atoms with E-state index < -0.39 is 87.0 Å². The summed E-state index contributed by atoms with van der Waals surface area (Å²) in [6, 6.07) is 65.8. The van der Waals surface area contributed by atoms with Crippen molar-refractivity contribution < 1.29 is 57.0 Å². The lowest BCUT2D eigenvalue weighted by Crippen LogP contribution is -2.73. The maximum atomic E-state index is 14.9. The molecule has 3 aliphatic heterocycles. The van der Waals surface area contributed by atoms with Crippen LogP contribution in [0.1, 0.15) is 59.7 Å². The molecule has 7 aromatic rings. The van der Waals surface area contributed by atoms with Crippen LogP contribution in [-0.2, 0) is 66.9 Å². The molecule has 12 nitrogen and oxygen atoms in total. The fraction of sp³-hybridized carbons (Fsp3) is 0.317. The van der Waals surface area contributed by atoms with Crippen molar-refractivity contribution in [3.63, 3.8) is 0 Å². The van der Waals surface area contributed by atoms with Crippen LogP contribution in [0, 0.1) is 0 Å². The van der Waals surface area contributed by atoms with E-state index in [9.17, 15) is 9.90 Å². The van der Waals surface area contributed by atoms with Crippen LogP contribution in [0.25, 0.3) is 0 Å². The molecule has 0 aliphatic carbocycles. The second-order valence-corrected chi connectivity index (χ2v) is 25.2. The number of aliphatic hydroxyl groups excluding tert-OH is 1. The van der Waals surface area contributed by atoms with E-state index in [1.807, 2.05) is 158 Å². The van der Waals surface area contributed by atoms with E-state index in [1.165, 1.54) is 0 Å². The molecule has 10 rings (SSSR count). The number of carbonyl (C=O) groups is 1. The van der Waals surface area contributed by atoms with E-state index in [0.29, 0.717) is 5.02 Å². The molecule has 7 aromatic carbocycles. The van der Waals surface area contributed by atoms with E-state index in [0.717, 1.165) is 32.6 Å². The number of benzene rings is 7. The van der Waals surface area contributed by atoms with Crippen LogP contribution in [0.5, 0.6) is 0 Å². The summed E-state index contributed by atoms with van der Waals surface area (Å²) in [6.07, 6.45) is -12.2. The Morgan fingerprint density at radius 2 is 1.09 bits per heavy atom. The minimum Gasteiger partial charge on any atom is -0.450 e. The maximum absolute atomic E-state index is 14.9. The minimum atomic E-state index is -3.53. The van der Waals surface area contributed by atoms with Crippen molar-refractivity contribution in [3.8, 4) is 0 Å². The van der Waals surface area contributed by atoms with Crippen molar-refractivity contribution in [2.75, 3.05) is 13.2 Å². The lowest BCUT2D eigenvalue weighted by atomic mass is 9.95. The number of esters is 1. The molecule has 0 saturated carbocycles. The first-order valence-corrected chi connectivity index (χ1v) is 28.5. The predicted octanol–water partition coefficient (Wildman–Crippen LogP) is 10.1. The molecule has 0 radical (unpaired) electrons. The molecule has 14 heteroatoms. The zero-order valence-corrected chi connectivity index (χ0v) is 45.1. The van der Waals surface area contributed by atoms with Crippen molar-refractivity contribution in [2.45, 2.75) is 113 Å². The maximum Gasteiger partial charge on any atom is 0.338 e. The van der Waals surface area contributed by atoms with Crippen molar-refractivity contribution in [2.24, 2.45) is 0 Å². The van der Waals surface area contributed by atoms with Crippen molar-refractivity contribution in [3.05, 3.63) is 239 Å². The number of hydrogen-bond acceptors (Lipinski definition) is 12. The van der Waals surface area contributed by atoms with Gasteiger partial charge in [-0.15, -0.1) is 0 Å². The highest BCUT2D eigenvalue weighted by atomic mass is 35.5. The standard InChI is InChI=1S/C63H65ClO12Si/c1-63(2,3)77(49-30-18-8-19-31-49,50-32-20-9-21-33-50)76-56-54-52(42-70-61(74-54)47-28-16-7-17-29-47)72-62(58(56)73-59(65)46-34-36-48(64)37-35-46)75-55-53(68-39-44-24-12-5-13-25-44)51(41-67-38-43-22-10-4-11-23-43)71-60(66)57(55)69-40-45-26-14-6-15-27-45/h4-37,51-58,60-62,66H,38-42H2,1-3H3/t51-,52-,53+,54+,55+,56+,57-,58-,60-,61-,62+/m1/s1. The number of halogens is 1. The third-order valence-electron chi connectivity index (χ3n) is 14.3. The van der Waals surface area contributed by atoms with E-state index in [1.54, 1.807) is 24.3 Å². The van der Waals surface area contributed by atoms with Gasteiger partial charge >= 0.3 is 5.97 Å². The fourth-order valence-electron chi connectivity index (χ4n) is 10.5. The molecule has 77 heavy (non-hydrogen) atoms. The third-order valence-corrected chi connectivity index (χ3v) is 19.6. The fourth-order valence-corrected chi connectivity index (χ4v) is 15.3. The Balaban J connectivity index is 1.11. The van der Waals surface area contributed by atoms with E-state index in [4.69, 9.17) is 58.7 Å². The summed E-state index contributed by atoms with van der Waals surface area (Å²) in [7, 11) is -3.53. The molecule has 400 valence electrons. The van der Waals surface area contributed by atoms with Gasteiger partial charge in [-0.05, 0) is 56.4 Å². The highest BCUT2D eigenvalue weighted by Crippen LogP contribution is 2.44. The molecule has 0 spiro atoms. The van der Waals surface area contributed by atoms with Gasteiger partial charge in [0.25, 0.3) is 8.32 Å². The number of carbonyl (C=O) groups excluding carboxylic acids is 1. The molecule has 0 aromatic heterocycles. The molecule has 3 aliphatic rings. The second kappa shape index (κ2) is 25.3. The summed E-state index contributed by atoms with van der Waals surface area (Å²) < 4.78 is 69.6. The van der Waals surface area contributed by atoms with Crippen molar-refractivity contribution in [1.29, 1.82) is 0 Å². The monoisotopic (exact) mass is 1080 g/mol. The van der Waals surface area contributed by atoms with Gasteiger partial charge in [0.15, 0.2) is 25.0 Å². The SMILES string of the molecule is CC(C)(C)[Si](O[C@H]1[C@H]2O[C@H](c3ccccc3)OC[C@H]2O[C@@H](O[C@@H]2[C@@H](OCc3ccccc3)[C@H](O)O[C@H](COCc3ccccc3)[C@@H]2OCc2ccccc2)[C@@H]1OC(=O)c1ccc(Cl)cc1)(c1ccccc1)c1ccccc1. The predicted molar refractivity (Wildman–Crippen MR) is 294 cm³/mol. The van der Waals surface area contributed by atoms with Gasteiger partial charge in [0.05, 0.1) is 38.6 Å². The summed E-state index contributed by atoms with van der Waals surface area (Å²) in [5.41, 5.74) is 3.72. The molecule has 3 fully saturated rings. The van der Waals surface area contributed by atoms with Crippen LogP contribution < -0.4 is 10.4 Å². The normalized spacial score (nSPS) is 25.6. The van der Waals surface area contributed by atoms with Gasteiger partial charge in [0.2, 0.25) is 0 Å². The molecular formula is C63H65ClO12Si. The molecule has 11 atom stereocenters. The molecule has 3 saturated heterocycles. The van der Waals surface area contributed by atoms with Crippen LogP contribution in [0.4, 0.5) is 0 Å². The van der Waals surface area contributed by atoms with Gasteiger partial charge in [-0.25, -0.2) is 4.79 Å². The summed E-state index contributed by atoms with van der Waals surface area (Å²) in [5.74, 6) is -0.682. The summed E-state index contributed by atoms with van der Waals surface area (Å²) in [5, 5.41) is 14.1. The van der Waals surface area contributed by atoms with Gasteiger partial charge < -0.3 is 52.2 Å². The Labute approximate surface area is 456 Å².